The Morgan fingerprint density at radius 1 is 1.25 bits per heavy atom. The van der Waals surface area contributed by atoms with E-state index in [-0.39, 0.29) is 17.3 Å². The Kier molecular flexibility index (Phi) is 6.65. The van der Waals surface area contributed by atoms with Crippen molar-refractivity contribution in [2.24, 2.45) is 5.41 Å². The number of fused-ring (bicyclic) bond motifs is 1. The van der Waals surface area contributed by atoms with Crippen molar-refractivity contribution in [2.45, 2.75) is 59.4 Å². The van der Waals surface area contributed by atoms with Crippen molar-refractivity contribution in [3.8, 4) is 0 Å². The molecule has 1 spiro atoms. The Morgan fingerprint density at radius 2 is 2.03 bits per heavy atom. The lowest BCUT2D eigenvalue weighted by molar-refractivity contribution is 0.0152. The van der Waals surface area contributed by atoms with Gasteiger partial charge < -0.3 is 14.8 Å². The fraction of sp³-hybridized carbons (Fsp3) is 0.560. The number of nitrogens with zero attached hydrogens (tertiary/aromatic N) is 2. The summed E-state index contributed by atoms with van der Waals surface area (Å²) in [6.07, 6.45) is 4.05. The van der Waals surface area contributed by atoms with Gasteiger partial charge in [-0.3, -0.25) is 9.48 Å². The Bertz CT molecular complexity index is 1000. The van der Waals surface area contributed by atoms with Gasteiger partial charge in [-0.25, -0.2) is 4.79 Å². The van der Waals surface area contributed by atoms with Crippen molar-refractivity contribution in [3.05, 3.63) is 51.8 Å². The summed E-state index contributed by atoms with van der Waals surface area (Å²) in [5.41, 5.74) is 5.42. The molecule has 1 N–H and O–H groups in total. The molecule has 7 nitrogen and oxygen atoms in total. The van der Waals surface area contributed by atoms with Crippen molar-refractivity contribution < 1.29 is 19.1 Å². The first-order valence-electron chi connectivity index (χ1n) is 11.6. The fourth-order valence-corrected chi connectivity index (χ4v) is 4.69. The lowest BCUT2D eigenvalue weighted by atomic mass is 9.76. The summed E-state index contributed by atoms with van der Waals surface area (Å²) in [4.78, 5) is 25.3. The summed E-state index contributed by atoms with van der Waals surface area (Å²) in [6, 6.07) is 5.61. The Hall–Kier alpha value is -2.67. The van der Waals surface area contributed by atoms with Gasteiger partial charge in [0.2, 0.25) is 0 Å². The minimum absolute atomic E-state index is 0.0207. The maximum atomic E-state index is 12.9. The van der Waals surface area contributed by atoms with Gasteiger partial charge in [-0.15, -0.1) is 0 Å². The second kappa shape index (κ2) is 9.45. The zero-order chi connectivity index (χ0) is 22.7. The molecule has 2 aliphatic heterocycles. The van der Waals surface area contributed by atoms with Crippen molar-refractivity contribution >= 4 is 11.9 Å². The SMILES string of the molecule is CCc1nn(CCCOC(=O)c2ccc(C)c(C)c2)c2c1C(=O)NCC1(CCOCC1)C2. The third-order valence-electron chi connectivity index (χ3n) is 6.90. The van der Waals surface area contributed by atoms with Gasteiger partial charge in [0.25, 0.3) is 5.91 Å². The number of rotatable bonds is 6. The predicted octanol–water partition coefficient (Wildman–Crippen LogP) is 3.39. The van der Waals surface area contributed by atoms with Crippen molar-refractivity contribution in [2.75, 3.05) is 26.4 Å². The lowest BCUT2D eigenvalue weighted by Crippen LogP contribution is -2.40. The maximum absolute atomic E-state index is 12.9. The van der Waals surface area contributed by atoms with E-state index in [2.05, 4.69) is 5.32 Å². The molecule has 0 radical (unpaired) electrons. The number of aromatic nitrogens is 2. The van der Waals surface area contributed by atoms with Crippen molar-refractivity contribution in [1.82, 2.24) is 15.1 Å². The van der Waals surface area contributed by atoms with E-state index in [4.69, 9.17) is 14.6 Å². The summed E-state index contributed by atoms with van der Waals surface area (Å²) < 4.78 is 13.1. The van der Waals surface area contributed by atoms with Gasteiger partial charge in [0.1, 0.15) is 0 Å². The van der Waals surface area contributed by atoms with Gasteiger partial charge in [0.05, 0.1) is 29.1 Å². The van der Waals surface area contributed by atoms with Gasteiger partial charge in [-0.1, -0.05) is 13.0 Å². The predicted molar refractivity (Wildman–Crippen MR) is 121 cm³/mol. The number of benzene rings is 1. The molecular weight excluding hydrogens is 406 g/mol. The number of amides is 1. The van der Waals surface area contributed by atoms with Crippen LogP contribution in [0, 0.1) is 19.3 Å². The highest BCUT2D eigenvalue weighted by atomic mass is 16.5. The monoisotopic (exact) mass is 439 g/mol. The van der Waals surface area contributed by atoms with Crippen LogP contribution < -0.4 is 5.32 Å². The first kappa shape index (κ1) is 22.5. The highest BCUT2D eigenvalue weighted by Crippen LogP contribution is 2.37. The summed E-state index contributed by atoms with van der Waals surface area (Å²) in [7, 11) is 0. The number of esters is 1. The molecule has 1 fully saturated rings. The van der Waals surface area contributed by atoms with E-state index in [1.54, 1.807) is 6.07 Å². The van der Waals surface area contributed by atoms with Crippen LogP contribution in [0.4, 0.5) is 0 Å². The van der Waals surface area contributed by atoms with Crippen molar-refractivity contribution in [3.63, 3.8) is 0 Å². The van der Waals surface area contributed by atoms with Crippen LogP contribution in [0.15, 0.2) is 18.2 Å². The number of nitrogens with one attached hydrogen (secondary N) is 1. The third-order valence-corrected chi connectivity index (χ3v) is 6.90. The van der Waals surface area contributed by atoms with Crippen LogP contribution in [0.25, 0.3) is 0 Å². The number of carbonyl (C=O) groups excluding carboxylic acids is 2. The molecule has 1 aromatic heterocycles. The highest BCUT2D eigenvalue weighted by Gasteiger charge is 2.39. The zero-order valence-electron chi connectivity index (χ0n) is 19.3. The Balaban J connectivity index is 1.44. The number of hydrogen-bond acceptors (Lipinski definition) is 5. The quantitative estimate of drug-likeness (QED) is 0.551. The molecule has 32 heavy (non-hydrogen) atoms. The summed E-state index contributed by atoms with van der Waals surface area (Å²) in [5, 5.41) is 7.90. The van der Waals surface area contributed by atoms with E-state index in [0.29, 0.717) is 38.1 Å². The molecule has 0 saturated carbocycles. The molecule has 0 aliphatic carbocycles. The molecule has 2 aromatic rings. The van der Waals surface area contributed by atoms with Crippen LogP contribution in [0.2, 0.25) is 0 Å². The first-order chi connectivity index (χ1) is 15.4. The molecule has 0 unspecified atom stereocenters. The van der Waals surface area contributed by atoms with Crippen LogP contribution in [-0.2, 0) is 28.9 Å². The largest absolute Gasteiger partial charge is 0.462 e. The van der Waals surface area contributed by atoms with E-state index in [1.165, 1.54) is 0 Å². The van der Waals surface area contributed by atoms with Gasteiger partial charge in [0.15, 0.2) is 0 Å². The van der Waals surface area contributed by atoms with Crippen LogP contribution in [0.1, 0.15) is 69.4 Å². The van der Waals surface area contributed by atoms with Crippen LogP contribution in [0.3, 0.4) is 0 Å². The van der Waals surface area contributed by atoms with E-state index in [1.807, 2.05) is 37.6 Å². The molecular formula is C25H33N3O4. The molecule has 172 valence electrons. The van der Waals surface area contributed by atoms with E-state index < -0.39 is 0 Å². The molecule has 4 rings (SSSR count). The number of aryl methyl sites for hydroxylation is 4. The second-order valence-corrected chi connectivity index (χ2v) is 9.11. The maximum Gasteiger partial charge on any atom is 0.338 e. The van der Waals surface area contributed by atoms with Gasteiger partial charge >= 0.3 is 5.97 Å². The third kappa shape index (κ3) is 4.58. The number of carbonyl (C=O) groups is 2. The van der Waals surface area contributed by atoms with Crippen LogP contribution in [0.5, 0.6) is 0 Å². The Morgan fingerprint density at radius 3 is 2.75 bits per heavy atom. The second-order valence-electron chi connectivity index (χ2n) is 9.11. The minimum Gasteiger partial charge on any atom is -0.462 e. The summed E-state index contributed by atoms with van der Waals surface area (Å²) >= 11 is 0. The smallest absolute Gasteiger partial charge is 0.338 e. The summed E-state index contributed by atoms with van der Waals surface area (Å²) in [5.74, 6) is -0.324. The molecule has 1 aromatic carbocycles. The van der Waals surface area contributed by atoms with Gasteiger partial charge in [-0.05, 0) is 68.2 Å². The van der Waals surface area contributed by atoms with E-state index in [0.717, 1.165) is 60.6 Å². The molecule has 1 saturated heterocycles. The number of hydrogen-bond donors (Lipinski definition) is 1. The van der Waals surface area contributed by atoms with Gasteiger partial charge in [-0.2, -0.15) is 5.10 Å². The van der Waals surface area contributed by atoms with Crippen molar-refractivity contribution in [1.29, 1.82) is 0 Å². The average Bonchev–Trinajstić information content (AvgIpc) is 3.07. The van der Waals surface area contributed by atoms with Crippen LogP contribution in [-0.4, -0.2) is 48.0 Å². The first-order valence-corrected chi connectivity index (χ1v) is 11.6. The van der Waals surface area contributed by atoms with E-state index in [9.17, 15) is 9.59 Å². The lowest BCUT2D eigenvalue weighted by Gasteiger charge is -2.36. The molecule has 3 heterocycles. The normalized spacial score (nSPS) is 17.5. The topological polar surface area (TPSA) is 82.5 Å². The molecule has 2 aliphatic rings. The minimum atomic E-state index is -0.304. The van der Waals surface area contributed by atoms with E-state index >= 15 is 0 Å². The summed E-state index contributed by atoms with van der Waals surface area (Å²) in [6.45, 7) is 9.11. The highest BCUT2D eigenvalue weighted by molar-refractivity contribution is 5.97. The molecule has 0 bridgehead atoms. The average molecular weight is 440 g/mol. The van der Waals surface area contributed by atoms with Gasteiger partial charge in [0, 0.05) is 32.7 Å². The standard InChI is InChI=1S/C25H33N3O4/c1-4-20-22-21(15-25(16-26-23(22)29)8-12-31-13-9-25)28(27-20)10-5-11-32-24(30)19-7-6-17(2)18(3)14-19/h6-7,14H,4-5,8-13,15-16H2,1-3H3,(H,26,29). The number of ether oxygens (including phenoxy) is 2. The van der Waals surface area contributed by atoms with Crippen LogP contribution >= 0.6 is 0 Å². The molecule has 0 atom stereocenters. The zero-order valence-corrected chi connectivity index (χ0v) is 19.3. The fourth-order valence-electron chi connectivity index (χ4n) is 4.69. The molecule has 1 amide bonds. The Labute approximate surface area is 189 Å². The molecule has 7 heteroatoms.